The molecule has 3 N–H and O–H groups in total. The lowest BCUT2D eigenvalue weighted by atomic mass is 10.0. The van der Waals surface area contributed by atoms with Gasteiger partial charge in [0.05, 0.1) is 25.4 Å². The molecule has 8 nitrogen and oxygen atoms in total. The Morgan fingerprint density at radius 1 is 1.30 bits per heavy atom. The van der Waals surface area contributed by atoms with E-state index >= 15 is 0 Å². The van der Waals surface area contributed by atoms with Crippen molar-refractivity contribution in [3.05, 3.63) is 47.9 Å². The van der Waals surface area contributed by atoms with Crippen molar-refractivity contribution < 1.29 is 9.53 Å². The van der Waals surface area contributed by atoms with Gasteiger partial charge in [-0.05, 0) is 24.1 Å². The molecule has 1 fully saturated rings. The maximum atomic E-state index is 11.9. The molecule has 30 heavy (non-hydrogen) atoms. The third-order valence-electron chi connectivity index (χ3n) is 5.52. The SMILES string of the molecule is CC(=O)N1CCC(N)=C(C(=N[C@@H]2CCOC2)Nc2ccc(-c3cnn(C)c3)cc2)C1. The largest absolute Gasteiger partial charge is 0.402 e. The summed E-state index contributed by atoms with van der Waals surface area (Å²) in [5, 5.41) is 7.68. The Labute approximate surface area is 176 Å². The number of benzene rings is 1. The predicted octanol–water partition coefficient (Wildman–Crippen LogP) is 2.15. The molecule has 3 heterocycles. The summed E-state index contributed by atoms with van der Waals surface area (Å²) in [7, 11) is 1.90. The number of aliphatic imine (C=N–C) groups is 1. The molecule has 0 bridgehead atoms. The quantitative estimate of drug-likeness (QED) is 0.597. The molecule has 0 unspecified atom stereocenters. The van der Waals surface area contributed by atoms with Gasteiger partial charge in [0, 0.05) is 62.3 Å². The van der Waals surface area contributed by atoms with Crippen molar-refractivity contribution in [2.45, 2.75) is 25.8 Å². The second-order valence-electron chi connectivity index (χ2n) is 7.79. The molecular formula is C22H28N6O2. The summed E-state index contributed by atoms with van der Waals surface area (Å²) in [5.74, 6) is 0.771. The first kappa shape index (κ1) is 20.2. The van der Waals surface area contributed by atoms with Gasteiger partial charge in [0.1, 0.15) is 5.84 Å². The van der Waals surface area contributed by atoms with Gasteiger partial charge in [0.25, 0.3) is 0 Å². The number of nitrogens with two attached hydrogens (primary N) is 1. The van der Waals surface area contributed by atoms with Gasteiger partial charge in [-0.2, -0.15) is 5.10 Å². The molecule has 2 aromatic rings. The molecule has 0 saturated carbocycles. The van der Waals surface area contributed by atoms with E-state index in [0.717, 1.165) is 46.9 Å². The number of carbonyl (C=O) groups is 1. The van der Waals surface area contributed by atoms with Crippen molar-refractivity contribution in [3.63, 3.8) is 0 Å². The van der Waals surface area contributed by atoms with Crippen LogP contribution in [-0.2, 0) is 16.6 Å². The highest BCUT2D eigenvalue weighted by Crippen LogP contribution is 2.23. The minimum Gasteiger partial charge on any atom is -0.402 e. The Balaban J connectivity index is 1.59. The fourth-order valence-corrected chi connectivity index (χ4v) is 3.72. The summed E-state index contributed by atoms with van der Waals surface area (Å²) in [5.41, 5.74) is 11.1. The Morgan fingerprint density at radius 3 is 2.73 bits per heavy atom. The van der Waals surface area contributed by atoms with Crippen LogP contribution in [0, 0.1) is 0 Å². The number of amides is 1. The normalized spacial score (nSPS) is 20.0. The maximum absolute atomic E-state index is 11.9. The molecule has 8 heteroatoms. The fourth-order valence-electron chi connectivity index (χ4n) is 3.72. The van der Waals surface area contributed by atoms with E-state index in [1.165, 1.54) is 0 Å². The van der Waals surface area contributed by atoms with E-state index in [9.17, 15) is 4.79 Å². The topological polar surface area (TPSA) is 97.8 Å². The summed E-state index contributed by atoms with van der Waals surface area (Å²) in [6, 6.07) is 8.23. The van der Waals surface area contributed by atoms with Gasteiger partial charge >= 0.3 is 0 Å². The lowest BCUT2D eigenvalue weighted by Crippen LogP contribution is -2.40. The average Bonchev–Trinajstić information content (AvgIpc) is 3.40. The zero-order valence-electron chi connectivity index (χ0n) is 17.5. The van der Waals surface area contributed by atoms with Crippen LogP contribution in [0.5, 0.6) is 0 Å². The van der Waals surface area contributed by atoms with Gasteiger partial charge in [-0.25, -0.2) is 0 Å². The summed E-state index contributed by atoms with van der Waals surface area (Å²) >= 11 is 0. The lowest BCUT2D eigenvalue weighted by molar-refractivity contribution is -0.128. The lowest BCUT2D eigenvalue weighted by Gasteiger charge is -2.30. The highest BCUT2D eigenvalue weighted by Gasteiger charge is 2.25. The monoisotopic (exact) mass is 408 g/mol. The molecule has 1 aromatic heterocycles. The van der Waals surface area contributed by atoms with Gasteiger partial charge in [-0.1, -0.05) is 12.1 Å². The molecule has 2 aliphatic heterocycles. The Hall–Kier alpha value is -3.13. The van der Waals surface area contributed by atoms with E-state index in [4.69, 9.17) is 15.5 Å². The number of ether oxygens (including phenoxy) is 1. The highest BCUT2D eigenvalue weighted by molar-refractivity contribution is 6.09. The van der Waals surface area contributed by atoms with Crippen LogP contribution in [0.2, 0.25) is 0 Å². The number of hydrogen-bond donors (Lipinski definition) is 2. The van der Waals surface area contributed by atoms with Crippen LogP contribution >= 0.6 is 0 Å². The van der Waals surface area contributed by atoms with E-state index < -0.39 is 0 Å². The van der Waals surface area contributed by atoms with Crippen molar-refractivity contribution >= 4 is 17.4 Å². The molecule has 1 atom stereocenters. The zero-order valence-corrected chi connectivity index (χ0v) is 17.5. The van der Waals surface area contributed by atoms with Crippen LogP contribution in [-0.4, -0.2) is 58.8 Å². The smallest absolute Gasteiger partial charge is 0.219 e. The first-order valence-corrected chi connectivity index (χ1v) is 10.2. The highest BCUT2D eigenvalue weighted by atomic mass is 16.5. The number of nitrogens with zero attached hydrogens (tertiary/aromatic N) is 4. The number of nitrogens with one attached hydrogen (secondary N) is 1. The minimum atomic E-state index is 0.0457. The summed E-state index contributed by atoms with van der Waals surface area (Å²) < 4.78 is 7.28. The molecule has 2 aliphatic rings. The first-order valence-electron chi connectivity index (χ1n) is 10.2. The second kappa shape index (κ2) is 8.71. The van der Waals surface area contributed by atoms with E-state index in [0.29, 0.717) is 26.1 Å². The number of anilines is 1. The van der Waals surface area contributed by atoms with Crippen molar-refractivity contribution in [3.8, 4) is 11.1 Å². The molecule has 0 aliphatic carbocycles. The van der Waals surface area contributed by atoms with Gasteiger partial charge in [-0.3, -0.25) is 14.5 Å². The predicted molar refractivity (Wildman–Crippen MR) is 117 cm³/mol. The maximum Gasteiger partial charge on any atom is 0.219 e. The van der Waals surface area contributed by atoms with E-state index in [1.807, 2.05) is 31.6 Å². The first-order chi connectivity index (χ1) is 14.5. The second-order valence-corrected chi connectivity index (χ2v) is 7.79. The number of rotatable bonds is 4. The van der Waals surface area contributed by atoms with Crippen LogP contribution < -0.4 is 11.1 Å². The van der Waals surface area contributed by atoms with Crippen molar-refractivity contribution in [1.29, 1.82) is 0 Å². The number of aryl methyl sites for hydroxylation is 1. The van der Waals surface area contributed by atoms with Gasteiger partial charge in [0.15, 0.2) is 0 Å². The molecule has 1 saturated heterocycles. The third-order valence-corrected chi connectivity index (χ3v) is 5.52. The van der Waals surface area contributed by atoms with Crippen LogP contribution in [0.25, 0.3) is 11.1 Å². The molecule has 158 valence electrons. The van der Waals surface area contributed by atoms with E-state index in [2.05, 4.69) is 22.5 Å². The standard InChI is InChI=1S/C22H28N6O2/c1-15(29)28-9-7-21(23)20(13-28)22(26-19-8-10-30-14-19)25-18-5-3-16(4-6-18)17-11-24-27(2)12-17/h3-6,11-12,19H,7-10,13-14,23H2,1-2H3,(H,25,26)/t19-/m1/s1. The molecule has 1 aromatic carbocycles. The Kier molecular flexibility index (Phi) is 5.85. The fraction of sp³-hybridized carbons (Fsp3) is 0.409. The Bertz CT molecular complexity index is 970. The summed E-state index contributed by atoms with van der Waals surface area (Å²) in [6.07, 6.45) is 5.37. The minimum absolute atomic E-state index is 0.0457. The van der Waals surface area contributed by atoms with Crippen molar-refractivity contribution in [1.82, 2.24) is 14.7 Å². The van der Waals surface area contributed by atoms with Gasteiger partial charge in [-0.15, -0.1) is 0 Å². The average molecular weight is 409 g/mol. The zero-order chi connectivity index (χ0) is 21.1. The summed E-state index contributed by atoms with van der Waals surface area (Å²) in [6.45, 7) is 4.02. The van der Waals surface area contributed by atoms with E-state index in [1.54, 1.807) is 16.5 Å². The third kappa shape index (κ3) is 4.54. The molecule has 0 spiro atoms. The van der Waals surface area contributed by atoms with Gasteiger partial charge in [0.2, 0.25) is 5.91 Å². The number of hydrogen-bond acceptors (Lipinski definition) is 5. The molecular weight excluding hydrogens is 380 g/mol. The number of carbonyl (C=O) groups excluding carboxylic acids is 1. The molecule has 1 amide bonds. The molecule has 4 rings (SSSR count). The molecule has 0 radical (unpaired) electrons. The van der Waals surface area contributed by atoms with Crippen LogP contribution in [0.4, 0.5) is 5.69 Å². The van der Waals surface area contributed by atoms with Crippen LogP contribution in [0.1, 0.15) is 19.8 Å². The van der Waals surface area contributed by atoms with Crippen molar-refractivity contribution in [2.24, 2.45) is 17.8 Å². The van der Waals surface area contributed by atoms with Crippen LogP contribution in [0.3, 0.4) is 0 Å². The number of amidine groups is 1. The Morgan fingerprint density at radius 2 is 2.10 bits per heavy atom. The summed E-state index contributed by atoms with van der Waals surface area (Å²) in [4.78, 5) is 18.6. The van der Waals surface area contributed by atoms with Crippen LogP contribution in [0.15, 0.2) is 52.9 Å². The van der Waals surface area contributed by atoms with Crippen molar-refractivity contribution in [2.75, 3.05) is 31.6 Å². The van der Waals surface area contributed by atoms with E-state index in [-0.39, 0.29) is 11.9 Å². The van der Waals surface area contributed by atoms with Gasteiger partial charge < -0.3 is 20.7 Å². The number of aromatic nitrogens is 2.